The van der Waals surface area contributed by atoms with Gasteiger partial charge in [-0.1, -0.05) is 13.3 Å². The molecule has 1 aliphatic rings. The molecule has 1 fully saturated rings. The van der Waals surface area contributed by atoms with E-state index < -0.39 is 5.97 Å². The van der Waals surface area contributed by atoms with Crippen molar-refractivity contribution in [3.8, 4) is 0 Å². The second kappa shape index (κ2) is 6.73. The Balaban J connectivity index is 2.62. The molecule has 0 aromatic rings. The van der Waals surface area contributed by atoms with Gasteiger partial charge in [-0.05, 0) is 32.9 Å². The summed E-state index contributed by atoms with van der Waals surface area (Å²) in [6.07, 6.45) is 3.05. The van der Waals surface area contributed by atoms with E-state index in [0.29, 0.717) is 19.0 Å². The maximum absolute atomic E-state index is 12.3. The normalized spacial score (nSPS) is 23.3. The summed E-state index contributed by atoms with van der Waals surface area (Å²) < 4.78 is 0. The molecule has 1 aliphatic carbocycles. The second-order valence-corrected chi connectivity index (χ2v) is 5.47. The fourth-order valence-electron chi connectivity index (χ4n) is 2.50. The van der Waals surface area contributed by atoms with E-state index in [9.17, 15) is 9.59 Å². The van der Waals surface area contributed by atoms with Gasteiger partial charge in [0.1, 0.15) is 6.54 Å². The molecule has 0 spiro atoms. The van der Waals surface area contributed by atoms with E-state index >= 15 is 0 Å². The van der Waals surface area contributed by atoms with Crippen molar-refractivity contribution in [2.75, 3.05) is 33.7 Å². The summed E-state index contributed by atoms with van der Waals surface area (Å²) in [6, 6.07) is 0. The summed E-state index contributed by atoms with van der Waals surface area (Å²) in [4.78, 5) is 26.6. The molecular weight excluding hydrogens is 232 g/mol. The monoisotopic (exact) mass is 256 g/mol. The largest absolute Gasteiger partial charge is 0.480 e. The summed E-state index contributed by atoms with van der Waals surface area (Å²) in [7, 11) is 3.84. The van der Waals surface area contributed by atoms with Gasteiger partial charge in [0.25, 0.3) is 0 Å². The predicted octanol–water partition coefficient (Wildman–Crippen LogP) is 0.897. The number of hydrogen-bond donors (Lipinski definition) is 1. The number of rotatable bonds is 6. The van der Waals surface area contributed by atoms with Crippen LogP contribution >= 0.6 is 0 Å². The summed E-state index contributed by atoms with van der Waals surface area (Å²) in [5, 5.41) is 8.90. The van der Waals surface area contributed by atoms with Crippen LogP contribution in [0.3, 0.4) is 0 Å². The van der Waals surface area contributed by atoms with Crippen LogP contribution in [0, 0.1) is 11.8 Å². The summed E-state index contributed by atoms with van der Waals surface area (Å²) in [5.74, 6) is -0.517. The van der Waals surface area contributed by atoms with Gasteiger partial charge in [0.05, 0.1) is 0 Å². The smallest absolute Gasteiger partial charge is 0.323 e. The molecule has 5 nitrogen and oxygen atoms in total. The minimum atomic E-state index is -0.937. The van der Waals surface area contributed by atoms with E-state index in [1.54, 1.807) is 0 Å². The van der Waals surface area contributed by atoms with Gasteiger partial charge >= 0.3 is 5.97 Å². The Morgan fingerprint density at radius 2 is 1.89 bits per heavy atom. The Labute approximate surface area is 109 Å². The molecule has 0 aromatic carbocycles. The number of aliphatic carboxylic acids is 1. The minimum absolute atomic E-state index is 0.0178. The van der Waals surface area contributed by atoms with Gasteiger partial charge in [0, 0.05) is 19.0 Å². The molecule has 1 amide bonds. The summed E-state index contributed by atoms with van der Waals surface area (Å²) in [6.45, 7) is 3.08. The third-order valence-corrected chi connectivity index (χ3v) is 3.63. The van der Waals surface area contributed by atoms with E-state index in [1.165, 1.54) is 4.90 Å². The first-order chi connectivity index (χ1) is 8.41. The summed E-state index contributed by atoms with van der Waals surface area (Å²) in [5.41, 5.74) is 0. The molecule has 0 radical (unpaired) electrons. The number of amides is 1. The maximum Gasteiger partial charge on any atom is 0.323 e. The number of likely N-dealkylation sites (N-methyl/N-ethyl adjacent to an activating group) is 1. The van der Waals surface area contributed by atoms with Crippen LogP contribution in [0.4, 0.5) is 0 Å². The zero-order valence-corrected chi connectivity index (χ0v) is 11.6. The number of carbonyl (C=O) groups excluding carboxylic acids is 1. The molecule has 0 bridgehead atoms. The number of carboxylic acid groups (broad SMARTS) is 1. The number of carboxylic acids is 1. The lowest BCUT2D eigenvalue weighted by Crippen LogP contribution is -2.43. The third-order valence-electron chi connectivity index (χ3n) is 3.63. The van der Waals surface area contributed by atoms with Crippen molar-refractivity contribution in [3.63, 3.8) is 0 Å². The second-order valence-electron chi connectivity index (χ2n) is 5.47. The quantitative estimate of drug-likeness (QED) is 0.767. The minimum Gasteiger partial charge on any atom is -0.480 e. The summed E-state index contributed by atoms with van der Waals surface area (Å²) >= 11 is 0. The van der Waals surface area contributed by atoms with Gasteiger partial charge in [0.2, 0.25) is 5.91 Å². The van der Waals surface area contributed by atoms with Gasteiger partial charge in [-0.15, -0.1) is 0 Å². The van der Waals surface area contributed by atoms with E-state index in [0.717, 1.165) is 19.3 Å². The lowest BCUT2D eigenvalue weighted by Gasteiger charge is -2.27. The van der Waals surface area contributed by atoms with Gasteiger partial charge in [-0.25, -0.2) is 0 Å². The molecule has 5 heteroatoms. The molecule has 0 heterocycles. The van der Waals surface area contributed by atoms with E-state index in [2.05, 4.69) is 6.92 Å². The Hall–Kier alpha value is -1.10. The molecule has 18 heavy (non-hydrogen) atoms. The first kappa shape index (κ1) is 15.0. The number of carbonyl (C=O) groups is 2. The molecule has 104 valence electrons. The van der Waals surface area contributed by atoms with Crippen molar-refractivity contribution in [3.05, 3.63) is 0 Å². The fraction of sp³-hybridized carbons (Fsp3) is 0.846. The average Bonchev–Trinajstić information content (AvgIpc) is 2.69. The number of hydrogen-bond acceptors (Lipinski definition) is 3. The highest BCUT2D eigenvalue weighted by Crippen LogP contribution is 2.32. The van der Waals surface area contributed by atoms with Crippen LogP contribution in [-0.2, 0) is 9.59 Å². The highest BCUT2D eigenvalue weighted by Gasteiger charge is 2.33. The Morgan fingerprint density at radius 1 is 1.22 bits per heavy atom. The Bertz CT molecular complexity index is 305. The SMILES string of the molecule is CC1CCCC1C(=O)N(CCN(C)C)CC(=O)O. The lowest BCUT2D eigenvalue weighted by atomic mass is 9.96. The van der Waals surface area contributed by atoms with Crippen molar-refractivity contribution >= 4 is 11.9 Å². The number of nitrogens with zero attached hydrogens (tertiary/aromatic N) is 2. The Kier molecular flexibility index (Phi) is 5.59. The molecule has 1 rings (SSSR count). The molecule has 1 N–H and O–H groups in total. The molecule has 2 atom stereocenters. The fourth-order valence-corrected chi connectivity index (χ4v) is 2.50. The Morgan fingerprint density at radius 3 is 2.33 bits per heavy atom. The molecule has 0 aliphatic heterocycles. The van der Waals surface area contributed by atoms with E-state index in [4.69, 9.17) is 5.11 Å². The van der Waals surface area contributed by atoms with Gasteiger partial charge in [0.15, 0.2) is 0 Å². The van der Waals surface area contributed by atoms with E-state index in [1.807, 2.05) is 19.0 Å². The van der Waals surface area contributed by atoms with Gasteiger partial charge < -0.3 is 14.9 Å². The van der Waals surface area contributed by atoms with Crippen LogP contribution in [0.2, 0.25) is 0 Å². The zero-order chi connectivity index (χ0) is 13.7. The van der Waals surface area contributed by atoms with Crippen molar-refractivity contribution in [2.24, 2.45) is 11.8 Å². The first-order valence-corrected chi connectivity index (χ1v) is 6.57. The van der Waals surface area contributed by atoms with E-state index in [-0.39, 0.29) is 18.4 Å². The van der Waals surface area contributed by atoms with Crippen LogP contribution < -0.4 is 0 Å². The van der Waals surface area contributed by atoms with Crippen molar-refractivity contribution in [1.29, 1.82) is 0 Å². The predicted molar refractivity (Wildman–Crippen MR) is 69.3 cm³/mol. The standard InChI is InChI=1S/C13H24N2O3/c1-10-5-4-6-11(10)13(18)15(9-12(16)17)8-7-14(2)3/h10-11H,4-9H2,1-3H3,(H,16,17). The average molecular weight is 256 g/mol. The topological polar surface area (TPSA) is 60.9 Å². The molecule has 2 unspecified atom stereocenters. The molecule has 0 saturated heterocycles. The molecule has 1 saturated carbocycles. The van der Waals surface area contributed by atoms with Gasteiger partial charge in [-0.2, -0.15) is 0 Å². The van der Waals surface area contributed by atoms with Gasteiger partial charge in [-0.3, -0.25) is 9.59 Å². The van der Waals surface area contributed by atoms with Crippen LogP contribution in [-0.4, -0.2) is 60.5 Å². The van der Waals surface area contributed by atoms with Crippen molar-refractivity contribution in [1.82, 2.24) is 9.80 Å². The van der Waals surface area contributed by atoms with Crippen LogP contribution in [0.5, 0.6) is 0 Å². The highest BCUT2D eigenvalue weighted by molar-refractivity contribution is 5.83. The molecular formula is C13H24N2O3. The van der Waals surface area contributed by atoms with Crippen LogP contribution in [0.15, 0.2) is 0 Å². The maximum atomic E-state index is 12.3. The zero-order valence-electron chi connectivity index (χ0n) is 11.6. The van der Waals surface area contributed by atoms with Crippen molar-refractivity contribution < 1.29 is 14.7 Å². The third kappa shape index (κ3) is 4.29. The highest BCUT2D eigenvalue weighted by atomic mass is 16.4. The van der Waals surface area contributed by atoms with Crippen LogP contribution in [0.1, 0.15) is 26.2 Å². The first-order valence-electron chi connectivity index (χ1n) is 6.57. The van der Waals surface area contributed by atoms with Crippen molar-refractivity contribution in [2.45, 2.75) is 26.2 Å². The van der Waals surface area contributed by atoms with Crippen LogP contribution in [0.25, 0.3) is 0 Å². The lowest BCUT2D eigenvalue weighted by molar-refractivity contribution is -0.147. The molecule has 0 aromatic heterocycles.